The molecule has 0 radical (unpaired) electrons. The van der Waals surface area contributed by atoms with Crippen LogP contribution in [-0.2, 0) is 0 Å². The number of benzene rings is 2. The van der Waals surface area contributed by atoms with Gasteiger partial charge in [-0.25, -0.2) is 4.79 Å². The number of rotatable bonds is 3. The first-order valence-corrected chi connectivity index (χ1v) is 7.15. The Morgan fingerprint density at radius 2 is 1.83 bits per heavy atom. The highest BCUT2D eigenvalue weighted by atomic mass is 35.5. The van der Waals surface area contributed by atoms with Crippen molar-refractivity contribution < 1.29 is 14.3 Å². The summed E-state index contributed by atoms with van der Waals surface area (Å²) in [5, 5.41) is 10.3. The van der Waals surface area contributed by atoms with Gasteiger partial charge in [0, 0.05) is 10.4 Å². The maximum atomic E-state index is 12.2. The standard InChI is InChI=1S/C18H11ClO4/c19-13-4-8-17-12(9-13)10-15(18(22)23-17)16(21)7-3-11-1-5-14(20)6-2-11/h1-10,20H/b7-3+. The van der Waals surface area contributed by atoms with Crippen LogP contribution in [-0.4, -0.2) is 10.9 Å². The van der Waals surface area contributed by atoms with Gasteiger partial charge in [-0.1, -0.05) is 29.8 Å². The van der Waals surface area contributed by atoms with Crippen LogP contribution in [0.2, 0.25) is 5.02 Å². The molecule has 3 rings (SSSR count). The van der Waals surface area contributed by atoms with Crippen LogP contribution in [0, 0.1) is 0 Å². The average Bonchev–Trinajstić information content (AvgIpc) is 2.54. The third kappa shape index (κ3) is 3.33. The van der Waals surface area contributed by atoms with Crippen molar-refractivity contribution in [3.05, 3.63) is 81.2 Å². The Bertz CT molecular complexity index is 968. The van der Waals surface area contributed by atoms with E-state index >= 15 is 0 Å². The van der Waals surface area contributed by atoms with Crippen LogP contribution in [0.1, 0.15) is 15.9 Å². The number of phenolic OH excluding ortho intramolecular Hbond substituents is 1. The predicted octanol–water partition coefficient (Wildman–Crippen LogP) is 4.05. The largest absolute Gasteiger partial charge is 0.508 e. The second-order valence-corrected chi connectivity index (χ2v) is 5.36. The molecule has 5 heteroatoms. The van der Waals surface area contributed by atoms with Crippen LogP contribution in [0.15, 0.2) is 63.8 Å². The zero-order chi connectivity index (χ0) is 16.4. The van der Waals surface area contributed by atoms with Crippen LogP contribution in [0.5, 0.6) is 5.75 Å². The summed E-state index contributed by atoms with van der Waals surface area (Å²) >= 11 is 5.91. The number of ketones is 1. The third-order valence-electron chi connectivity index (χ3n) is 3.28. The Morgan fingerprint density at radius 3 is 2.57 bits per heavy atom. The lowest BCUT2D eigenvalue weighted by molar-refractivity contribution is 0.104. The van der Waals surface area contributed by atoms with Crippen molar-refractivity contribution in [2.45, 2.75) is 0 Å². The van der Waals surface area contributed by atoms with Crippen molar-refractivity contribution in [1.82, 2.24) is 0 Å². The lowest BCUT2D eigenvalue weighted by atomic mass is 10.1. The van der Waals surface area contributed by atoms with Gasteiger partial charge in [-0.3, -0.25) is 4.79 Å². The molecule has 4 nitrogen and oxygen atoms in total. The lowest BCUT2D eigenvalue weighted by Gasteiger charge is -2.00. The molecule has 2 aromatic carbocycles. The summed E-state index contributed by atoms with van der Waals surface area (Å²) in [6.45, 7) is 0. The van der Waals surface area contributed by atoms with Gasteiger partial charge in [-0.05, 0) is 48.0 Å². The van der Waals surface area contributed by atoms with Gasteiger partial charge in [0.1, 0.15) is 16.9 Å². The normalized spacial score (nSPS) is 11.2. The van der Waals surface area contributed by atoms with E-state index in [1.165, 1.54) is 24.3 Å². The zero-order valence-corrected chi connectivity index (χ0v) is 12.6. The minimum atomic E-state index is -0.694. The first-order chi connectivity index (χ1) is 11.0. The van der Waals surface area contributed by atoms with Crippen molar-refractivity contribution in [3.8, 4) is 5.75 Å². The van der Waals surface area contributed by atoms with Gasteiger partial charge in [0.15, 0.2) is 5.78 Å². The van der Waals surface area contributed by atoms with Crippen LogP contribution in [0.3, 0.4) is 0 Å². The number of aromatic hydroxyl groups is 1. The minimum Gasteiger partial charge on any atom is -0.508 e. The Balaban J connectivity index is 1.95. The lowest BCUT2D eigenvalue weighted by Crippen LogP contribution is -2.11. The molecule has 0 saturated carbocycles. The molecule has 23 heavy (non-hydrogen) atoms. The summed E-state index contributed by atoms with van der Waals surface area (Å²) in [4.78, 5) is 24.1. The molecule has 1 heterocycles. The summed E-state index contributed by atoms with van der Waals surface area (Å²) in [7, 11) is 0. The second kappa shape index (κ2) is 6.10. The number of fused-ring (bicyclic) bond motifs is 1. The molecule has 3 aromatic rings. The minimum absolute atomic E-state index is 0.0604. The van der Waals surface area contributed by atoms with Crippen LogP contribution in [0.4, 0.5) is 0 Å². The van der Waals surface area contributed by atoms with E-state index < -0.39 is 11.4 Å². The van der Waals surface area contributed by atoms with E-state index in [1.807, 2.05) is 0 Å². The number of phenols is 1. The molecule has 0 saturated heterocycles. The van der Waals surface area contributed by atoms with Crippen molar-refractivity contribution in [1.29, 1.82) is 0 Å². The summed E-state index contributed by atoms with van der Waals surface area (Å²) in [6, 6.07) is 12.6. The molecule has 0 fully saturated rings. The Labute approximate surface area is 136 Å². The molecule has 0 aliphatic carbocycles. The quantitative estimate of drug-likeness (QED) is 0.448. The fourth-order valence-electron chi connectivity index (χ4n) is 2.11. The first kappa shape index (κ1) is 15.1. The van der Waals surface area contributed by atoms with E-state index in [9.17, 15) is 14.7 Å². The van der Waals surface area contributed by atoms with Crippen LogP contribution in [0.25, 0.3) is 17.0 Å². The molecule has 0 aliphatic heterocycles. The smallest absolute Gasteiger partial charge is 0.347 e. The topological polar surface area (TPSA) is 67.5 Å². The highest BCUT2D eigenvalue weighted by Crippen LogP contribution is 2.19. The number of carbonyl (C=O) groups is 1. The van der Waals surface area contributed by atoms with E-state index in [1.54, 1.807) is 36.4 Å². The maximum absolute atomic E-state index is 12.2. The molecule has 0 bridgehead atoms. The summed E-state index contributed by atoms with van der Waals surface area (Å²) < 4.78 is 5.13. The van der Waals surface area contributed by atoms with Gasteiger partial charge >= 0.3 is 5.63 Å². The molecule has 0 spiro atoms. The molecule has 0 atom stereocenters. The van der Waals surface area contributed by atoms with E-state index in [-0.39, 0.29) is 11.3 Å². The molecule has 1 aromatic heterocycles. The van der Waals surface area contributed by atoms with Crippen molar-refractivity contribution >= 4 is 34.4 Å². The molecular formula is C18H11ClO4. The number of halogens is 1. The van der Waals surface area contributed by atoms with Gasteiger partial charge in [0.25, 0.3) is 0 Å². The van der Waals surface area contributed by atoms with Gasteiger partial charge in [-0.15, -0.1) is 0 Å². The fraction of sp³-hybridized carbons (Fsp3) is 0. The van der Waals surface area contributed by atoms with Gasteiger partial charge in [-0.2, -0.15) is 0 Å². The Kier molecular flexibility index (Phi) is 4.00. The van der Waals surface area contributed by atoms with E-state index in [0.29, 0.717) is 16.0 Å². The average molecular weight is 327 g/mol. The third-order valence-corrected chi connectivity index (χ3v) is 3.52. The first-order valence-electron chi connectivity index (χ1n) is 6.78. The maximum Gasteiger partial charge on any atom is 0.347 e. The molecule has 0 aliphatic rings. The van der Waals surface area contributed by atoms with Gasteiger partial charge < -0.3 is 9.52 Å². The van der Waals surface area contributed by atoms with Crippen molar-refractivity contribution in [2.75, 3.05) is 0 Å². The number of hydrogen-bond acceptors (Lipinski definition) is 4. The van der Waals surface area contributed by atoms with Crippen LogP contribution >= 0.6 is 11.6 Å². The molecule has 0 amide bonds. The van der Waals surface area contributed by atoms with Crippen molar-refractivity contribution in [2.24, 2.45) is 0 Å². The zero-order valence-electron chi connectivity index (χ0n) is 11.8. The molecule has 114 valence electrons. The Morgan fingerprint density at radius 1 is 1.09 bits per heavy atom. The predicted molar refractivity (Wildman–Crippen MR) is 89.0 cm³/mol. The number of allylic oxidation sites excluding steroid dienone is 1. The van der Waals surface area contributed by atoms with Gasteiger partial charge in [0.2, 0.25) is 0 Å². The number of hydrogen-bond donors (Lipinski definition) is 1. The fourth-order valence-corrected chi connectivity index (χ4v) is 2.29. The summed E-state index contributed by atoms with van der Waals surface area (Å²) in [6.07, 6.45) is 2.85. The van der Waals surface area contributed by atoms with E-state index in [0.717, 1.165) is 5.56 Å². The molecule has 1 N–H and O–H groups in total. The Hall–Kier alpha value is -2.85. The van der Waals surface area contributed by atoms with Crippen LogP contribution < -0.4 is 5.63 Å². The SMILES string of the molecule is O=C(/C=C/c1ccc(O)cc1)c1cc2cc(Cl)ccc2oc1=O. The highest BCUT2D eigenvalue weighted by Gasteiger charge is 2.11. The summed E-state index contributed by atoms with van der Waals surface area (Å²) in [5.74, 6) is -0.325. The van der Waals surface area contributed by atoms with E-state index in [4.69, 9.17) is 16.0 Å². The summed E-state index contributed by atoms with van der Waals surface area (Å²) in [5.41, 5.74) is 0.345. The molecular weight excluding hydrogens is 316 g/mol. The van der Waals surface area contributed by atoms with Gasteiger partial charge in [0.05, 0.1) is 0 Å². The van der Waals surface area contributed by atoms with Crippen molar-refractivity contribution in [3.63, 3.8) is 0 Å². The molecule has 0 unspecified atom stereocenters. The number of carbonyl (C=O) groups excluding carboxylic acids is 1. The highest BCUT2D eigenvalue weighted by molar-refractivity contribution is 6.31. The monoisotopic (exact) mass is 326 g/mol. The second-order valence-electron chi connectivity index (χ2n) is 4.92. The van der Waals surface area contributed by atoms with E-state index in [2.05, 4.69) is 0 Å².